The molecule has 0 saturated carbocycles. The summed E-state index contributed by atoms with van der Waals surface area (Å²) in [6.45, 7) is 8.75. The molecule has 1 aliphatic rings. The molecule has 0 aliphatic carbocycles. The quantitative estimate of drug-likeness (QED) is 0.720. The van der Waals surface area contributed by atoms with Crippen molar-refractivity contribution in [2.75, 3.05) is 40.3 Å². The fourth-order valence-corrected chi connectivity index (χ4v) is 2.43. The summed E-state index contributed by atoms with van der Waals surface area (Å²) in [5.74, 6) is 0.717. The van der Waals surface area contributed by atoms with Gasteiger partial charge in [0, 0.05) is 25.2 Å². The Bertz CT molecular complexity index is 181. The fraction of sp³-hybridized carbons (Fsp3) is 1.00. The Morgan fingerprint density at radius 3 is 2.50 bits per heavy atom. The summed E-state index contributed by atoms with van der Waals surface area (Å²) in [6, 6.07) is 0. The van der Waals surface area contributed by atoms with E-state index in [0.29, 0.717) is 5.92 Å². The predicted molar refractivity (Wildman–Crippen MR) is 61.4 cm³/mol. The van der Waals surface area contributed by atoms with E-state index in [9.17, 15) is 0 Å². The first-order valence-corrected chi connectivity index (χ1v) is 5.60. The summed E-state index contributed by atoms with van der Waals surface area (Å²) in [4.78, 5) is 4.84. The van der Waals surface area contributed by atoms with Crippen molar-refractivity contribution >= 4 is 0 Å². The molecule has 1 rings (SSSR count). The topological polar surface area (TPSA) is 32.5 Å². The summed E-state index contributed by atoms with van der Waals surface area (Å²) in [5, 5.41) is 0. The number of hydrogen-bond donors (Lipinski definition) is 1. The first-order valence-electron chi connectivity index (χ1n) is 5.60. The smallest absolute Gasteiger partial charge is 0.0467 e. The number of hydrogen-bond acceptors (Lipinski definition) is 3. The lowest BCUT2D eigenvalue weighted by Gasteiger charge is -2.38. The third kappa shape index (κ3) is 2.47. The molecular formula is C11H25N3. The molecule has 1 atom stereocenters. The third-order valence-corrected chi connectivity index (χ3v) is 3.35. The molecule has 3 nitrogen and oxygen atoms in total. The molecule has 2 N–H and O–H groups in total. The molecule has 0 aromatic rings. The van der Waals surface area contributed by atoms with Gasteiger partial charge in [-0.1, -0.05) is 13.8 Å². The van der Waals surface area contributed by atoms with E-state index in [-0.39, 0.29) is 5.54 Å². The van der Waals surface area contributed by atoms with Gasteiger partial charge in [0.15, 0.2) is 0 Å². The second-order valence-corrected chi connectivity index (χ2v) is 5.19. The van der Waals surface area contributed by atoms with Crippen LogP contribution in [0, 0.1) is 5.92 Å². The third-order valence-electron chi connectivity index (χ3n) is 3.35. The molecule has 1 unspecified atom stereocenters. The molecule has 0 amide bonds. The molecule has 1 aliphatic heterocycles. The normalized spacial score (nSPS) is 29.4. The van der Waals surface area contributed by atoms with Gasteiger partial charge in [-0.3, -0.25) is 4.90 Å². The molecule has 1 heterocycles. The zero-order valence-corrected chi connectivity index (χ0v) is 10.1. The average Bonchev–Trinajstić information content (AvgIpc) is 2.47. The van der Waals surface area contributed by atoms with E-state index in [0.717, 1.165) is 19.6 Å². The highest BCUT2D eigenvalue weighted by atomic mass is 15.3. The largest absolute Gasteiger partial charge is 0.329 e. The summed E-state index contributed by atoms with van der Waals surface area (Å²) in [5.41, 5.74) is 6.17. The van der Waals surface area contributed by atoms with Gasteiger partial charge in [-0.25, -0.2) is 0 Å². The van der Waals surface area contributed by atoms with E-state index < -0.39 is 0 Å². The Morgan fingerprint density at radius 2 is 2.14 bits per heavy atom. The maximum atomic E-state index is 5.94. The molecule has 0 spiro atoms. The van der Waals surface area contributed by atoms with Gasteiger partial charge in [0.25, 0.3) is 0 Å². The highest BCUT2D eigenvalue weighted by Crippen LogP contribution is 2.25. The summed E-state index contributed by atoms with van der Waals surface area (Å²) < 4.78 is 0. The van der Waals surface area contributed by atoms with Crippen LogP contribution in [0.5, 0.6) is 0 Å². The first-order chi connectivity index (χ1) is 6.50. The zero-order chi connectivity index (χ0) is 10.8. The van der Waals surface area contributed by atoms with E-state index in [4.69, 9.17) is 5.73 Å². The minimum absolute atomic E-state index is 0.235. The lowest BCUT2D eigenvalue weighted by atomic mass is 9.95. The molecule has 1 saturated heterocycles. The van der Waals surface area contributed by atoms with Crippen LogP contribution in [0.1, 0.15) is 20.3 Å². The first kappa shape index (κ1) is 12.0. The van der Waals surface area contributed by atoms with Crippen molar-refractivity contribution in [2.24, 2.45) is 11.7 Å². The van der Waals surface area contributed by atoms with Crippen LogP contribution < -0.4 is 5.73 Å². The van der Waals surface area contributed by atoms with Crippen molar-refractivity contribution in [3.05, 3.63) is 0 Å². The van der Waals surface area contributed by atoms with Crippen LogP contribution in [0.3, 0.4) is 0 Å². The van der Waals surface area contributed by atoms with Crippen LogP contribution in [-0.4, -0.2) is 55.6 Å². The zero-order valence-electron chi connectivity index (χ0n) is 10.1. The number of nitrogens with two attached hydrogens (primary N) is 1. The maximum Gasteiger partial charge on any atom is 0.0467 e. The van der Waals surface area contributed by atoms with Crippen LogP contribution in [0.15, 0.2) is 0 Å². The van der Waals surface area contributed by atoms with Gasteiger partial charge in [0.05, 0.1) is 0 Å². The number of likely N-dealkylation sites (tertiary alicyclic amines) is 1. The lowest BCUT2D eigenvalue weighted by molar-refractivity contribution is 0.119. The fourth-order valence-electron chi connectivity index (χ4n) is 2.43. The monoisotopic (exact) mass is 199 g/mol. The summed E-state index contributed by atoms with van der Waals surface area (Å²) >= 11 is 0. The van der Waals surface area contributed by atoms with Crippen molar-refractivity contribution in [3.63, 3.8) is 0 Å². The summed E-state index contributed by atoms with van der Waals surface area (Å²) in [6.07, 6.45) is 1.21. The van der Waals surface area contributed by atoms with Gasteiger partial charge in [0.1, 0.15) is 0 Å². The minimum Gasteiger partial charge on any atom is -0.329 e. The van der Waals surface area contributed by atoms with Crippen molar-refractivity contribution < 1.29 is 0 Å². The van der Waals surface area contributed by atoms with Gasteiger partial charge < -0.3 is 10.6 Å². The van der Waals surface area contributed by atoms with E-state index in [1.165, 1.54) is 13.0 Å². The van der Waals surface area contributed by atoms with E-state index >= 15 is 0 Å². The van der Waals surface area contributed by atoms with Crippen molar-refractivity contribution in [2.45, 2.75) is 25.8 Å². The van der Waals surface area contributed by atoms with Crippen LogP contribution in [-0.2, 0) is 0 Å². The van der Waals surface area contributed by atoms with E-state index in [1.54, 1.807) is 0 Å². The molecule has 0 radical (unpaired) electrons. The van der Waals surface area contributed by atoms with Gasteiger partial charge in [-0.15, -0.1) is 0 Å². The van der Waals surface area contributed by atoms with Gasteiger partial charge in [-0.05, 0) is 33.0 Å². The van der Waals surface area contributed by atoms with Gasteiger partial charge >= 0.3 is 0 Å². The summed E-state index contributed by atoms with van der Waals surface area (Å²) in [7, 11) is 4.40. The van der Waals surface area contributed by atoms with Crippen molar-refractivity contribution in [1.29, 1.82) is 0 Å². The van der Waals surface area contributed by atoms with E-state index in [1.807, 2.05) is 0 Å². The molecule has 0 bridgehead atoms. The standard InChI is InChI=1S/C11H25N3/c1-10(2)7-14(4)11(8-12)5-6-13(3)9-11/h10H,5-9,12H2,1-4H3. The number of rotatable bonds is 4. The molecule has 14 heavy (non-hydrogen) atoms. The highest BCUT2D eigenvalue weighted by Gasteiger charge is 2.38. The Hall–Kier alpha value is -0.120. The van der Waals surface area contributed by atoms with Crippen molar-refractivity contribution in [1.82, 2.24) is 9.80 Å². The molecule has 3 heteroatoms. The SMILES string of the molecule is CC(C)CN(C)C1(CN)CCN(C)C1. The number of likely N-dealkylation sites (N-methyl/N-ethyl adjacent to an activating group) is 2. The molecule has 0 aromatic heterocycles. The van der Waals surface area contributed by atoms with Crippen LogP contribution in [0.25, 0.3) is 0 Å². The van der Waals surface area contributed by atoms with Crippen LogP contribution >= 0.6 is 0 Å². The Labute approximate surface area is 88.2 Å². The van der Waals surface area contributed by atoms with Crippen molar-refractivity contribution in [3.8, 4) is 0 Å². The average molecular weight is 199 g/mol. The maximum absolute atomic E-state index is 5.94. The molecule has 1 fully saturated rings. The Kier molecular flexibility index (Phi) is 3.93. The second-order valence-electron chi connectivity index (χ2n) is 5.19. The van der Waals surface area contributed by atoms with Gasteiger partial charge in [0.2, 0.25) is 0 Å². The minimum atomic E-state index is 0.235. The van der Waals surface area contributed by atoms with Gasteiger partial charge in [-0.2, -0.15) is 0 Å². The Morgan fingerprint density at radius 1 is 1.50 bits per heavy atom. The lowest BCUT2D eigenvalue weighted by Crippen LogP contribution is -2.54. The molecule has 84 valence electrons. The molecule has 0 aromatic carbocycles. The van der Waals surface area contributed by atoms with Crippen LogP contribution in [0.4, 0.5) is 0 Å². The molecular weight excluding hydrogens is 174 g/mol. The van der Waals surface area contributed by atoms with E-state index in [2.05, 4.69) is 37.7 Å². The van der Waals surface area contributed by atoms with Crippen LogP contribution in [0.2, 0.25) is 0 Å². The Balaban J connectivity index is 2.60. The highest BCUT2D eigenvalue weighted by molar-refractivity contribution is 4.98. The number of nitrogens with zero attached hydrogens (tertiary/aromatic N) is 2. The predicted octanol–water partition coefficient (Wildman–Crippen LogP) is 0.607. The second kappa shape index (κ2) is 4.60.